The fourth-order valence-corrected chi connectivity index (χ4v) is 6.28. The molecule has 0 aliphatic carbocycles. The number of likely N-dealkylation sites (N-methyl/N-ethyl adjacent to an activating group) is 1. The summed E-state index contributed by atoms with van der Waals surface area (Å²) < 4.78 is 28.8. The van der Waals surface area contributed by atoms with Gasteiger partial charge in [0.1, 0.15) is 40.7 Å². The van der Waals surface area contributed by atoms with E-state index in [1.165, 1.54) is 19.1 Å². The molecule has 8 atom stereocenters. The molecule has 3 aliphatic heterocycles. The van der Waals surface area contributed by atoms with Crippen molar-refractivity contribution in [1.29, 1.82) is 0 Å². The van der Waals surface area contributed by atoms with Crippen molar-refractivity contribution in [3.05, 3.63) is 46.5 Å². The lowest BCUT2D eigenvalue weighted by Gasteiger charge is -2.42. The Labute approximate surface area is 269 Å². The van der Waals surface area contributed by atoms with Crippen molar-refractivity contribution >= 4 is 35.3 Å². The standard InChI is InChI=1S/C32H44ClN3O9/c1-17-10-9-11-24(42-8)32(40)16-23(43-30(39)35-32)18(2)28-31(4,45-28)25(44-29(38)19(3)34-5)15-26(37)36(6)21-13-20(12-17)14-22(41-7)27(21)33/h9-11,13-14,18-19,23-25,28,34,40H,12,15-16H2,1-8H3,(H,35,39)/b11-9+,17-10-/t18-,19+,23+,24-,25+,28+,31+,32+/m1/s1. The maximum Gasteiger partial charge on any atom is 0.409 e. The number of methoxy groups -OCH3 is 2. The Morgan fingerprint density at radius 3 is 2.64 bits per heavy atom. The Morgan fingerprint density at radius 1 is 1.29 bits per heavy atom. The highest BCUT2D eigenvalue weighted by Crippen LogP contribution is 2.49. The summed E-state index contributed by atoms with van der Waals surface area (Å²) in [4.78, 5) is 40.9. The van der Waals surface area contributed by atoms with Gasteiger partial charge in [-0.1, -0.05) is 42.3 Å². The van der Waals surface area contributed by atoms with E-state index in [4.69, 9.17) is 35.3 Å². The van der Waals surface area contributed by atoms with Gasteiger partial charge in [0, 0.05) is 26.5 Å². The second-order valence-electron chi connectivity index (χ2n) is 12.2. The Hall–Kier alpha value is -3.16. The molecule has 2 amide bonds. The van der Waals surface area contributed by atoms with Crippen LogP contribution >= 0.6 is 11.6 Å². The molecule has 12 nitrogen and oxygen atoms in total. The molecule has 3 heterocycles. The molecule has 2 fully saturated rings. The van der Waals surface area contributed by atoms with Crippen molar-refractivity contribution in [3.63, 3.8) is 0 Å². The van der Waals surface area contributed by atoms with Gasteiger partial charge >= 0.3 is 12.1 Å². The number of rotatable bonds is 5. The number of benzene rings is 1. The fourth-order valence-electron chi connectivity index (χ4n) is 5.97. The first-order chi connectivity index (χ1) is 21.2. The van der Waals surface area contributed by atoms with E-state index in [1.807, 2.05) is 26.0 Å². The molecule has 45 heavy (non-hydrogen) atoms. The number of halogens is 1. The van der Waals surface area contributed by atoms with E-state index in [9.17, 15) is 19.5 Å². The monoisotopic (exact) mass is 649 g/mol. The minimum atomic E-state index is -1.78. The van der Waals surface area contributed by atoms with Crippen LogP contribution in [-0.2, 0) is 35.0 Å². The number of carbonyl (C=O) groups is 3. The van der Waals surface area contributed by atoms with Crippen LogP contribution in [0.15, 0.2) is 35.9 Å². The number of nitrogens with one attached hydrogen (secondary N) is 2. The maximum absolute atomic E-state index is 13.8. The van der Waals surface area contributed by atoms with Crippen LogP contribution in [0.2, 0.25) is 5.02 Å². The number of amides is 2. The van der Waals surface area contributed by atoms with Gasteiger partial charge in [0.05, 0.1) is 25.3 Å². The summed E-state index contributed by atoms with van der Waals surface area (Å²) in [5.74, 6) is -0.974. The number of aliphatic hydroxyl groups is 1. The lowest BCUT2D eigenvalue weighted by Crippen LogP contribution is -2.63. The number of esters is 1. The van der Waals surface area contributed by atoms with Gasteiger partial charge in [-0.3, -0.25) is 14.9 Å². The second kappa shape index (κ2) is 13.7. The third kappa shape index (κ3) is 7.30. The van der Waals surface area contributed by atoms with Crippen LogP contribution in [0.5, 0.6) is 5.75 Å². The average Bonchev–Trinajstić information content (AvgIpc) is 3.69. The van der Waals surface area contributed by atoms with Gasteiger partial charge in [-0.15, -0.1) is 0 Å². The highest BCUT2D eigenvalue weighted by Gasteiger charge is 2.64. The largest absolute Gasteiger partial charge is 0.495 e. The molecule has 3 aliphatic rings. The predicted molar refractivity (Wildman–Crippen MR) is 167 cm³/mol. The Balaban J connectivity index is 1.80. The first kappa shape index (κ1) is 34.7. The topological polar surface area (TPSA) is 148 Å². The molecule has 0 saturated carbocycles. The van der Waals surface area contributed by atoms with Gasteiger partial charge in [-0.2, -0.15) is 0 Å². The van der Waals surface area contributed by atoms with Gasteiger partial charge in [-0.25, -0.2) is 4.79 Å². The summed E-state index contributed by atoms with van der Waals surface area (Å²) in [5, 5.41) is 17.2. The summed E-state index contributed by atoms with van der Waals surface area (Å²) in [6.07, 6.45) is 1.52. The van der Waals surface area contributed by atoms with E-state index in [0.717, 1.165) is 11.1 Å². The maximum atomic E-state index is 13.8. The van der Waals surface area contributed by atoms with Crippen LogP contribution in [0.1, 0.15) is 46.1 Å². The quantitative estimate of drug-likeness (QED) is 0.321. The van der Waals surface area contributed by atoms with E-state index in [-0.39, 0.29) is 23.8 Å². The SMILES string of the molecule is CN[C@@H](C)C(=O)O[C@H]1CC(=O)N(C)c2cc(cc(OC)c2Cl)C/C(C)=C\C=C\[C@@H](OC)[C@@]2(O)C[C@H](OC(=O)N2)[C@@H](C)[C@@H]2O[C@@]12C. The number of epoxide rings is 1. The van der Waals surface area contributed by atoms with E-state index in [2.05, 4.69) is 10.6 Å². The van der Waals surface area contributed by atoms with E-state index >= 15 is 0 Å². The number of hydrogen-bond donors (Lipinski definition) is 3. The van der Waals surface area contributed by atoms with Gasteiger partial charge in [0.25, 0.3) is 0 Å². The van der Waals surface area contributed by atoms with E-state index in [1.54, 1.807) is 46.2 Å². The second-order valence-corrected chi connectivity index (χ2v) is 12.6. The number of fused-ring (bicyclic) bond motifs is 5. The minimum Gasteiger partial charge on any atom is -0.495 e. The van der Waals surface area contributed by atoms with Gasteiger partial charge < -0.3 is 39.0 Å². The molecule has 0 aromatic heterocycles. The molecule has 248 valence electrons. The van der Waals surface area contributed by atoms with Crippen LogP contribution in [-0.4, -0.2) is 93.2 Å². The number of anilines is 1. The molecule has 0 radical (unpaired) electrons. The highest BCUT2D eigenvalue weighted by molar-refractivity contribution is 6.35. The van der Waals surface area contributed by atoms with Gasteiger partial charge in [0.2, 0.25) is 5.91 Å². The van der Waals surface area contributed by atoms with Crippen LogP contribution in [0, 0.1) is 5.92 Å². The number of allylic oxidation sites excluding steroid dienone is 3. The fraction of sp³-hybridized carbons (Fsp3) is 0.594. The molecular weight excluding hydrogens is 606 g/mol. The summed E-state index contributed by atoms with van der Waals surface area (Å²) in [6.45, 7) is 7.17. The summed E-state index contributed by atoms with van der Waals surface area (Å²) in [6, 6.07) is 2.99. The third-order valence-corrected chi connectivity index (χ3v) is 9.38. The highest BCUT2D eigenvalue weighted by atomic mass is 35.5. The first-order valence-electron chi connectivity index (χ1n) is 14.9. The lowest BCUT2D eigenvalue weighted by atomic mass is 9.83. The average molecular weight is 650 g/mol. The van der Waals surface area contributed by atoms with Crippen molar-refractivity contribution < 1.29 is 43.2 Å². The summed E-state index contributed by atoms with van der Waals surface area (Å²) in [7, 11) is 6.18. The van der Waals surface area contributed by atoms with Crippen molar-refractivity contribution in [3.8, 4) is 5.75 Å². The Morgan fingerprint density at radius 2 is 2.00 bits per heavy atom. The number of alkyl carbamates (subject to hydrolysis) is 1. The third-order valence-electron chi connectivity index (χ3n) is 9.00. The molecular formula is C32H44ClN3O9. The first-order valence-corrected chi connectivity index (χ1v) is 15.3. The Bertz CT molecular complexity index is 1370. The van der Waals surface area contributed by atoms with Gasteiger partial charge in [-0.05, 0) is 51.9 Å². The number of ether oxygens (including phenoxy) is 5. The van der Waals surface area contributed by atoms with Crippen molar-refractivity contribution in [2.24, 2.45) is 5.92 Å². The van der Waals surface area contributed by atoms with Crippen molar-refractivity contribution in [2.75, 3.05) is 33.2 Å². The molecule has 2 saturated heterocycles. The molecule has 4 rings (SSSR count). The van der Waals surface area contributed by atoms with Crippen LogP contribution in [0.4, 0.5) is 10.5 Å². The van der Waals surface area contributed by atoms with E-state index in [0.29, 0.717) is 17.9 Å². The molecule has 1 aromatic carbocycles. The predicted octanol–water partition coefficient (Wildman–Crippen LogP) is 3.28. The van der Waals surface area contributed by atoms with E-state index < -0.39 is 59.8 Å². The summed E-state index contributed by atoms with van der Waals surface area (Å²) in [5.41, 5.74) is -0.646. The molecule has 13 heteroatoms. The zero-order valence-corrected chi connectivity index (χ0v) is 27.8. The summed E-state index contributed by atoms with van der Waals surface area (Å²) >= 11 is 6.69. The smallest absolute Gasteiger partial charge is 0.409 e. The van der Waals surface area contributed by atoms with Crippen molar-refractivity contribution in [1.82, 2.24) is 10.6 Å². The van der Waals surface area contributed by atoms with Crippen LogP contribution in [0.3, 0.4) is 0 Å². The molecule has 0 spiro atoms. The zero-order chi connectivity index (χ0) is 33.3. The van der Waals surface area contributed by atoms with Gasteiger partial charge in [0.15, 0.2) is 5.72 Å². The molecule has 3 N–H and O–H groups in total. The van der Waals surface area contributed by atoms with Crippen LogP contribution < -0.4 is 20.3 Å². The lowest BCUT2D eigenvalue weighted by molar-refractivity contribution is -0.155. The Kier molecular flexibility index (Phi) is 10.6. The van der Waals surface area contributed by atoms with Crippen molar-refractivity contribution in [2.45, 2.75) is 88.7 Å². The number of nitrogens with zero attached hydrogens (tertiary/aromatic N) is 1. The van der Waals surface area contributed by atoms with Crippen LogP contribution in [0.25, 0.3) is 0 Å². The molecule has 4 bridgehead atoms. The number of hydrogen-bond acceptors (Lipinski definition) is 10. The minimum absolute atomic E-state index is 0.00553. The normalized spacial score (nSPS) is 34.8. The zero-order valence-electron chi connectivity index (χ0n) is 27.0. The number of carbonyl (C=O) groups excluding carboxylic acids is 3. The molecule has 0 unspecified atom stereocenters. The molecule has 1 aromatic rings.